The summed E-state index contributed by atoms with van der Waals surface area (Å²) in [4.78, 5) is 8.26. The van der Waals surface area contributed by atoms with Crippen molar-refractivity contribution in [1.82, 2.24) is 25.0 Å². The molecule has 6 nitrogen and oxygen atoms in total. The molecule has 2 N–H and O–H groups in total. The van der Waals surface area contributed by atoms with E-state index in [0.29, 0.717) is 5.82 Å². The monoisotopic (exact) mass is 218 g/mol. The molecule has 0 fully saturated rings. The molecule has 0 aromatic carbocycles. The fraction of sp³-hybridized carbons (Fsp3) is 0.400. The SMILES string of the molecule is CCCn1nncc1C(N)c1ncccn1. The molecule has 1 atom stereocenters. The lowest BCUT2D eigenvalue weighted by Crippen LogP contribution is -2.19. The normalized spacial score (nSPS) is 12.6. The highest BCUT2D eigenvalue weighted by atomic mass is 15.4. The highest BCUT2D eigenvalue weighted by Gasteiger charge is 2.16. The first-order valence-electron chi connectivity index (χ1n) is 5.23. The second kappa shape index (κ2) is 4.80. The first-order valence-corrected chi connectivity index (χ1v) is 5.23. The van der Waals surface area contributed by atoms with Crippen molar-refractivity contribution >= 4 is 0 Å². The van der Waals surface area contributed by atoms with E-state index in [1.54, 1.807) is 29.3 Å². The summed E-state index contributed by atoms with van der Waals surface area (Å²) < 4.78 is 1.79. The van der Waals surface area contributed by atoms with Crippen LogP contribution in [0.5, 0.6) is 0 Å². The van der Waals surface area contributed by atoms with E-state index in [1.165, 1.54) is 0 Å². The third-order valence-electron chi connectivity index (χ3n) is 2.27. The number of aromatic nitrogens is 5. The van der Waals surface area contributed by atoms with Crippen LogP contribution in [0, 0.1) is 0 Å². The summed E-state index contributed by atoms with van der Waals surface area (Å²) in [6, 6.07) is 1.39. The highest BCUT2D eigenvalue weighted by molar-refractivity contribution is 5.12. The molecule has 2 heterocycles. The van der Waals surface area contributed by atoms with Crippen LogP contribution in [0.1, 0.15) is 30.9 Å². The quantitative estimate of drug-likeness (QED) is 0.809. The van der Waals surface area contributed by atoms with Gasteiger partial charge in [0, 0.05) is 18.9 Å². The van der Waals surface area contributed by atoms with Gasteiger partial charge >= 0.3 is 0 Å². The molecular weight excluding hydrogens is 204 g/mol. The summed E-state index contributed by atoms with van der Waals surface area (Å²) in [6.45, 7) is 2.88. The lowest BCUT2D eigenvalue weighted by atomic mass is 10.2. The van der Waals surface area contributed by atoms with Crippen LogP contribution in [0.3, 0.4) is 0 Å². The number of hydrogen-bond donors (Lipinski definition) is 1. The van der Waals surface area contributed by atoms with Gasteiger partial charge in [0.2, 0.25) is 0 Å². The van der Waals surface area contributed by atoms with Crippen LogP contribution in [0.4, 0.5) is 0 Å². The molecule has 0 saturated carbocycles. The van der Waals surface area contributed by atoms with Crippen molar-refractivity contribution in [2.75, 3.05) is 0 Å². The van der Waals surface area contributed by atoms with E-state index >= 15 is 0 Å². The highest BCUT2D eigenvalue weighted by Crippen LogP contribution is 2.14. The average molecular weight is 218 g/mol. The standard InChI is InChI=1S/C10H14N6/c1-2-6-16-8(7-14-15-16)9(11)10-12-4-3-5-13-10/h3-5,7,9H,2,6,11H2,1H3. The molecule has 6 heteroatoms. The van der Waals surface area contributed by atoms with Gasteiger partial charge < -0.3 is 5.73 Å². The van der Waals surface area contributed by atoms with Crippen molar-refractivity contribution in [3.63, 3.8) is 0 Å². The average Bonchev–Trinajstić information content (AvgIpc) is 2.78. The van der Waals surface area contributed by atoms with Crippen LogP contribution in [0.25, 0.3) is 0 Å². The van der Waals surface area contributed by atoms with Crippen molar-refractivity contribution in [3.05, 3.63) is 36.2 Å². The smallest absolute Gasteiger partial charge is 0.151 e. The maximum absolute atomic E-state index is 6.07. The van der Waals surface area contributed by atoms with E-state index in [-0.39, 0.29) is 6.04 Å². The topological polar surface area (TPSA) is 82.5 Å². The molecule has 0 bridgehead atoms. The Balaban J connectivity index is 2.27. The van der Waals surface area contributed by atoms with Gasteiger partial charge in [0.25, 0.3) is 0 Å². The minimum Gasteiger partial charge on any atom is -0.316 e. The van der Waals surface area contributed by atoms with Gasteiger partial charge in [-0.2, -0.15) is 0 Å². The van der Waals surface area contributed by atoms with Gasteiger partial charge in [0.1, 0.15) is 6.04 Å². The molecule has 0 amide bonds. The second-order valence-electron chi connectivity index (χ2n) is 3.47. The van der Waals surface area contributed by atoms with Crippen LogP contribution in [-0.2, 0) is 6.54 Å². The summed E-state index contributed by atoms with van der Waals surface area (Å²) in [5.41, 5.74) is 6.91. The molecule has 0 aliphatic heterocycles. The summed E-state index contributed by atoms with van der Waals surface area (Å²) >= 11 is 0. The zero-order valence-corrected chi connectivity index (χ0v) is 9.11. The molecule has 0 saturated heterocycles. The summed E-state index contributed by atoms with van der Waals surface area (Å²) in [6.07, 6.45) is 6.00. The molecule has 2 aromatic heterocycles. The lowest BCUT2D eigenvalue weighted by molar-refractivity contribution is 0.538. The van der Waals surface area contributed by atoms with Crippen LogP contribution in [-0.4, -0.2) is 25.0 Å². The van der Waals surface area contributed by atoms with Gasteiger partial charge in [-0.15, -0.1) is 5.10 Å². The first-order chi connectivity index (χ1) is 7.83. The van der Waals surface area contributed by atoms with E-state index in [0.717, 1.165) is 18.7 Å². The van der Waals surface area contributed by atoms with Crippen molar-refractivity contribution < 1.29 is 0 Å². The molecule has 84 valence electrons. The summed E-state index contributed by atoms with van der Waals surface area (Å²) in [5.74, 6) is 0.585. The van der Waals surface area contributed by atoms with E-state index in [4.69, 9.17) is 5.73 Å². The summed E-state index contributed by atoms with van der Waals surface area (Å²) in [5, 5.41) is 7.85. The number of hydrogen-bond acceptors (Lipinski definition) is 5. The van der Waals surface area contributed by atoms with Crippen molar-refractivity contribution in [3.8, 4) is 0 Å². The van der Waals surface area contributed by atoms with E-state index in [2.05, 4.69) is 27.2 Å². The summed E-state index contributed by atoms with van der Waals surface area (Å²) in [7, 11) is 0. The largest absolute Gasteiger partial charge is 0.316 e. The van der Waals surface area contributed by atoms with E-state index < -0.39 is 0 Å². The zero-order valence-electron chi connectivity index (χ0n) is 9.11. The number of aryl methyl sites for hydroxylation is 1. The minimum absolute atomic E-state index is 0.372. The van der Waals surface area contributed by atoms with Gasteiger partial charge in [-0.25, -0.2) is 14.6 Å². The molecule has 16 heavy (non-hydrogen) atoms. The van der Waals surface area contributed by atoms with Crippen LogP contribution in [0.2, 0.25) is 0 Å². The van der Waals surface area contributed by atoms with Crippen LogP contribution in [0.15, 0.2) is 24.7 Å². The second-order valence-corrected chi connectivity index (χ2v) is 3.47. The molecule has 2 aromatic rings. The Kier molecular flexibility index (Phi) is 3.21. The fourth-order valence-electron chi connectivity index (χ4n) is 1.50. The van der Waals surface area contributed by atoms with Crippen molar-refractivity contribution in [1.29, 1.82) is 0 Å². The van der Waals surface area contributed by atoms with Gasteiger partial charge in [-0.1, -0.05) is 12.1 Å². The maximum Gasteiger partial charge on any atom is 0.151 e. The molecule has 0 aliphatic rings. The Hall–Kier alpha value is -1.82. The fourth-order valence-corrected chi connectivity index (χ4v) is 1.50. The van der Waals surface area contributed by atoms with Gasteiger partial charge in [0.05, 0.1) is 11.9 Å². The number of nitrogens with zero attached hydrogens (tertiary/aromatic N) is 5. The van der Waals surface area contributed by atoms with E-state index in [9.17, 15) is 0 Å². The third-order valence-corrected chi connectivity index (χ3v) is 2.27. The van der Waals surface area contributed by atoms with E-state index in [1.807, 2.05) is 0 Å². The Bertz CT molecular complexity index is 438. The molecule has 0 spiro atoms. The first kappa shape index (κ1) is 10.7. The number of nitrogens with two attached hydrogens (primary N) is 1. The van der Waals surface area contributed by atoms with Gasteiger partial charge in [0.15, 0.2) is 5.82 Å². The Morgan fingerprint density at radius 3 is 2.81 bits per heavy atom. The van der Waals surface area contributed by atoms with Crippen LogP contribution >= 0.6 is 0 Å². The molecule has 2 rings (SSSR count). The zero-order chi connectivity index (χ0) is 11.4. The molecule has 0 radical (unpaired) electrons. The Labute approximate surface area is 93.5 Å². The predicted octanol–water partition coefficient (Wildman–Crippen LogP) is 0.526. The molecule has 1 unspecified atom stereocenters. The van der Waals surface area contributed by atoms with Crippen molar-refractivity contribution in [2.45, 2.75) is 25.9 Å². The minimum atomic E-state index is -0.372. The number of rotatable bonds is 4. The maximum atomic E-state index is 6.07. The molecule has 0 aliphatic carbocycles. The predicted molar refractivity (Wildman–Crippen MR) is 58.4 cm³/mol. The Morgan fingerprint density at radius 2 is 2.12 bits per heavy atom. The van der Waals surface area contributed by atoms with Crippen molar-refractivity contribution in [2.24, 2.45) is 5.73 Å². The Morgan fingerprint density at radius 1 is 1.38 bits per heavy atom. The lowest BCUT2D eigenvalue weighted by Gasteiger charge is -2.10. The third kappa shape index (κ3) is 2.06. The van der Waals surface area contributed by atoms with Gasteiger partial charge in [-0.3, -0.25) is 0 Å². The van der Waals surface area contributed by atoms with Gasteiger partial charge in [-0.05, 0) is 12.5 Å². The van der Waals surface area contributed by atoms with Crippen LogP contribution < -0.4 is 5.73 Å². The molecular formula is C10H14N6.